The van der Waals surface area contributed by atoms with Crippen LogP contribution in [-0.4, -0.2) is 9.97 Å². The molecule has 0 unspecified atom stereocenters. The number of rotatable bonds is 3. The maximum Gasteiger partial charge on any atom is 0.149 e. The van der Waals surface area contributed by atoms with Gasteiger partial charge < -0.3 is 4.74 Å². The van der Waals surface area contributed by atoms with Gasteiger partial charge in [-0.25, -0.2) is 9.37 Å². The van der Waals surface area contributed by atoms with E-state index in [1.807, 2.05) is 6.07 Å². The Morgan fingerprint density at radius 3 is 2.85 bits per heavy atom. The summed E-state index contributed by atoms with van der Waals surface area (Å²) >= 11 is 3.35. The fourth-order valence-electron chi connectivity index (χ4n) is 1.87. The van der Waals surface area contributed by atoms with Crippen molar-refractivity contribution in [1.29, 1.82) is 0 Å². The van der Waals surface area contributed by atoms with Crippen LogP contribution in [0.3, 0.4) is 0 Å². The predicted octanol–water partition coefficient (Wildman–Crippen LogP) is 4.11. The van der Waals surface area contributed by atoms with E-state index in [4.69, 9.17) is 4.74 Å². The number of fused-ring (bicyclic) bond motifs is 1. The largest absolute Gasteiger partial charge is 0.486 e. The lowest BCUT2D eigenvalue weighted by molar-refractivity contribution is 0.302. The summed E-state index contributed by atoms with van der Waals surface area (Å²) in [6.45, 7) is 0.156. The minimum Gasteiger partial charge on any atom is -0.486 e. The fraction of sp³-hybridized carbons (Fsp3) is 0.0667. The number of nitrogens with zero attached hydrogens (tertiary/aromatic N) is 2. The Labute approximate surface area is 123 Å². The average molecular weight is 333 g/mol. The molecule has 2 heterocycles. The van der Waals surface area contributed by atoms with Crippen molar-refractivity contribution in [3.05, 3.63) is 64.6 Å². The molecule has 0 amide bonds. The molecule has 0 aliphatic heterocycles. The Kier molecular flexibility index (Phi) is 3.60. The number of ether oxygens (including phenoxy) is 1. The second-order valence-corrected chi connectivity index (χ2v) is 5.13. The maximum absolute atomic E-state index is 13.5. The highest BCUT2D eigenvalue weighted by Gasteiger charge is 2.07. The zero-order chi connectivity index (χ0) is 13.9. The topological polar surface area (TPSA) is 35.0 Å². The number of pyridine rings is 2. The Hall–Kier alpha value is -2.01. The highest BCUT2D eigenvalue weighted by atomic mass is 79.9. The van der Waals surface area contributed by atoms with E-state index in [0.29, 0.717) is 16.8 Å². The molecule has 0 spiro atoms. The summed E-state index contributed by atoms with van der Waals surface area (Å²) in [5.74, 6) is 0.312. The van der Waals surface area contributed by atoms with Crippen molar-refractivity contribution in [2.75, 3.05) is 0 Å². The van der Waals surface area contributed by atoms with Crippen LogP contribution in [-0.2, 0) is 6.61 Å². The summed E-state index contributed by atoms with van der Waals surface area (Å²) in [7, 11) is 0. The van der Waals surface area contributed by atoms with Gasteiger partial charge >= 0.3 is 0 Å². The van der Waals surface area contributed by atoms with Crippen LogP contribution < -0.4 is 4.74 Å². The minimum absolute atomic E-state index is 0.156. The maximum atomic E-state index is 13.5. The van der Waals surface area contributed by atoms with Crippen LogP contribution in [0.4, 0.5) is 4.39 Å². The third-order valence-electron chi connectivity index (χ3n) is 2.85. The fourth-order valence-corrected chi connectivity index (χ4v) is 2.19. The number of benzene rings is 1. The van der Waals surface area contributed by atoms with Crippen LogP contribution in [0.1, 0.15) is 5.56 Å². The second-order valence-electron chi connectivity index (χ2n) is 4.21. The summed E-state index contributed by atoms with van der Waals surface area (Å²) in [4.78, 5) is 8.52. The Bertz CT molecular complexity index is 764. The minimum atomic E-state index is -0.276. The van der Waals surface area contributed by atoms with Crippen LogP contribution in [0.2, 0.25) is 0 Å². The molecule has 3 aromatic rings. The highest BCUT2D eigenvalue weighted by Crippen LogP contribution is 2.24. The van der Waals surface area contributed by atoms with Gasteiger partial charge in [-0.05, 0) is 28.1 Å². The Morgan fingerprint density at radius 2 is 2.00 bits per heavy atom. The lowest BCUT2D eigenvalue weighted by atomic mass is 10.2. The zero-order valence-corrected chi connectivity index (χ0v) is 12.0. The second kappa shape index (κ2) is 5.54. The van der Waals surface area contributed by atoms with Gasteiger partial charge in [-0.1, -0.05) is 18.2 Å². The first-order valence-corrected chi connectivity index (χ1v) is 6.80. The molecule has 0 fully saturated rings. The van der Waals surface area contributed by atoms with Gasteiger partial charge in [0.25, 0.3) is 0 Å². The molecule has 0 N–H and O–H groups in total. The van der Waals surface area contributed by atoms with Crippen molar-refractivity contribution in [3.63, 3.8) is 0 Å². The molecule has 2 aromatic heterocycles. The van der Waals surface area contributed by atoms with Crippen molar-refractivity contribution in [2.24, 2.45) is 0 Å². The van der Waals surface area contributed by atoms with Crippen molar-refractivity contribution in [3.8, 4) is 5.75 Å². The third kappa shape index (κ3) is 2.63. The lowest BCUT2D eigenvalue weighted by Gasteiger charge is -2.09. The summed E-state index contributed by atoms with van der Waals surface area (Å²) in [5.41, 5.74) is 1.90. The number of hydrogen-bond donors (Lipinski definition) is 0. The van der Waals surface area contributed by atoms with Crippen molar-refractivity contribution < 1.29 is 9.13 Å². The molecule has 3 nitrogen and oxygen atoms in total. The summed E-state index contributed by atoms with van der Waals surface area (Å²) in [5, 5.41) is 0. The van der Waals surface area contributed by atoms with Gasteiger partial charge in [0.05, 0.1) is 5.52 Å². The standard InChI is InChI=1S/C15H10BrFN2O/c16-11-7-13-15(19-8-11)14(5-6-18-13)20-9-10-3-1-2-4-12(10)17/h1-8H,9H2. The molecule has 0 atom stereocenters. The Balaban J connectivity index is 1.90. The molecule has 0 saturated heterocycles. The van der Waals surface area contributed by atoms with E-state index >= 15 is 0 Å². The van der Waals surface area contributed by atoms with Crippen LogP contribution in [0.5, 0.6) is 5.75 Å². The first-order chi connectivity index (χ1) is 9.74. The first kappa shape index (κ1) is 13.0. The van der Waals surface area contributed by atoms with E-state index < -0.39 is 0 Å². The van der Waals surface area contributed by atoms with Crippen LogP contribution in [0.25, 0.3) is 11.0 Å². The van der Waals surface area contributed by atoms with Crippen LogP contribution >= 0.6 is 15.9 Å². The normalized spacial score (nSPS) is 10.7. The van der Waals surface area contributed by atoms with E-state index in [9.17, 15) is 4.39 Å². The number of halogens is 2. The summed E-state index contributed by atoms with van der Waals surface area (Å²) in [6, 6.07) is 10.1. The van der Waals surface area contributed by atoms with Crippen LogP contribution in [0.15, 0.2) is 53.3 Å². The molecule has 100 valence electrons. The highest BCUT2D eigenvalue weighted by molar-refractivity contribution is 9.10. The predicted molar refractivity (Wildman–Crippen MR) is 78.0 cm³/mol. The number of aromatic nitrogens is 2. The molecule has 0 radical (unpaired) electrons. The third-order valence-corrected chi connectivity index (χ3v) is 3.28. The quantitative estimate of drug-likeness (QED) is 0.723. The average Bonchev–Trinajstić information content (AvgIpc) is 2.46. The number of hydrogen-bond acceptors (Lipinski definition) is 3. The first-order valence-electron chi connectivity index (χ1n) is 6.00. The Morgan fingerprint density at radius 1 is 1.15 bits per heavy atom. The van der Waals surface area contributed by atoms with Gasteiger partial charge in [-0.2, -0.15) is 0 Å². The molecule has 0 bridgehead atoms. The van der Waals surface area contributed by atoms with E-state index in [1.165, 1.54) is 6.07 Å². The molecule has 0 saturated carbocycles. The molecule has 5 heteroatoms. The van der Waals surface area contributed by atoms with E-state index in [0.717, 1.165) is 9.99 Å². The summed E-state index contributed by atoms with van der Waals surface area (Å²) in [6.07, 6.45) is 3.33. The van der Waals surface area contributed by atoms with Gasteiger partial charge in [0.1, 0.15) is 23.7 Å². The van der Waals surface area contributed by atoms with Gasteiger partial charge in [0.15, 0.2) is 0 Å². The van der Waals surface area contributed by atoms with Crippen LogP contribution in [0, 0.1) is 5.82 Å². The van der Waals surface area contributed by atoms with E-state index in [2.05, 4.69) is 25.9 Å². The zero-order valence-electron chi connectivity index (χ0n) is 10.4. The molecule has 0 aliphatic carbocycles. The molecule has 0 aliphatic rings. The summed E-state index contributed by atoms with van der Waals surface area (Å²) < 4.78 is 20.1. The van der Waals surface area contributed by atoms with Gasteiger partial charge in [-0.15, -0.1) is 0 Å². The van der Waals surface area contributed by atoms with Gasteiger partial charge in [-0.3, -0.25) is 4.98 Å². The lowest BCUT2D eigenvalue weighted by Crippen LogP contribution is -1.99. The van der Waals surface area contributed by atoms with Gasteiger partial charge in [0.2, 0.25) is 0 Å². The van der Waals surface area contributed by atoms with Gasteiger partial charge in [0, 0.05) is 28.5 Å². The SMILES string of the molecule is Fc1ccccc1COc1ccnc2cc(Br)cnc12. The van der Waals surface area contributed by atoms with Crippen molar-refractivity contribution >= 4 is 27.0 Å². The molecular weight excluding hydrogens is 323 g/mol. The molecule has 3 rings (SSSR count). The smallest absolute Gasteiger partial charge is 0.149 e. The molecule has 20 heavy (non-hydrogen) atoms. The monoisotopic (exact) mass is 332 g/mol. The van der Waals surface area contributed by atoms with E-state index in [1.54, 1.807) is 36.7 Å². The van der Waals surface area contributed by atoms with Crippen molar-refractivity contribution in [1.82, 2.24) is 9.97 Å². The van der Waals surface area contributed by atoms with E-state index in [-0.39, 0.29) is 12.4 Å². The molecule has 1 aromatic carbocycles. The molecular formula is C15H10BrFN2O. The van der Waals surface area contributed by atoms with Crippen molar-refractivity contribution in [2.45, 2.75) is 6.61 Å².